The third-order valence-electron chi connectivity index (χ3n) is 4.91. The van der Waals surface area contributed by atoms with E-state index in [1.165, 1.54) is 24.1 Å². The Bertz CT molecular complexity index is 887. The Hall–Kier alpha value is -2.71. The van der Waals surface area contributed by atoms with Gasteiger partial charge in [0.2, 0.25) is 0 Å². The average molecular weight is 384 g/mol. The summed E-state index contributed by atoms with van der Waals surface area (Å²) in [4.78, 5) is 25.0. The summed E-state index contributed by atoms with van der Waals surface area (Å²) in [7, 11) is 1.26. The van der Waals surface area contributed by atoms with Gasteiger partial charge in [0.05, 0.1) is 18.7 Å². The second kappa shape index (κ2) is 7.13. The molecule has 1 saturated heterocycles. The molecule has 1 aliphatic rings. The van der Waals surface area contributed by atoms with Gasteiger partial charge in [-0.25, -0.2) is 4.79 Å². The molecule has 2 atom stereocenters. The van der Waals surface area contributed by atoms with Crippen LogP contribution < -0.4 is 5.56 Å². The molecule has 6 nitrogen and oxygen atoms in total. The van der Waals surface area contributed by atoms with Crippen LogP contribution >= 0.6 is 0 Å². The number of halogens is 3. The first-order valence-electron chi connectivity index (χ1n) is 8.41. The van der Waals surface area contributed by atoms with Gasteiger partial charge in [0.1, 0.15) is 5.76 Å². The summed E-state index contributed by atoms with van der Waals surface area (Å²) in [5.41, 5.74) is -0.0594. The van der Waals surface area contributed by atoms with Crippen molar-refractivity contribution in [3.8, 4) is 0 Å². The minimum absolute atomic E-state index is 0.142. The molecule has 0 aliphatic carbocycles. The number of benzene rings is 1. The monoisotopic (exact) mass is 384 g/mol. The summed E-state index contributed by atoms with van der Waals surface area (Å²) in [6.45, 7) is 1.91. The zero-order valence-corrected chi connectivity index (χ0v) is 14.8. The SMILES string of the molecule is COC(=O)N1CC[C@H](c2cc(=O)[nH]o2)C[C@@H]1c1ccc(C(F)(F)F)cc1C. The number of hydrogen-bond acceptors (Lipinski definition) is 4. The Morgan fingerprint density at radius 1 is 1.33 bits per heavy atom. The van der Waals surface area contributed by atoms with Crippen LogP contribution in [0.1, 0.15) is 47.3 Å². The minimum Gasteiger partial charge on any atom is -0.453 e. The Morgan fingerprint density at radius 3 is 2.63 bits per heavy atom. The predicted octanol–water partition coefficient (Wildman–Crippen LogP) is 3.98. The number of methoxy groups -OCH3 is 1. The maximum Gasteiger partial charge on any atom is 0.416 e. The number of nitrogens with zero attached hydrogens (tertiary/aromatic N) is 1. The zero-order valence-electron chi connectivity index (χ0n) is 14.8. The first-order valence-corrected chi connectivity index (χ1v) is 8.41. The van der Waals surface area contributed by atoms with Gasteiger partial charge in [-0.1, -0.05) is 6.07 Å². The minimum atomic E-state index is -4.44. The van der Waals surface area contributed by atoms with E-state index in [0.717, 1.165) is 12.1 Å². The molecule has 1 N–H and O–H groups in total. The molecule has 0 radical (unpaired) electrons. The number of aromatic nitrogens is 1. The summed E-state index contributed by atoms with van der Waals surface area (Å²) in [5.74, 6) is 0.329. The van der Waals surface area contributed by atoms with Crippen LogP contribution in [0.25, 0.3) is 0 Å². The number of H-pyrrole nitrogens is 1. The Morgan fingerprint density at radius 2 is 2.07 bits per heavy atom. The maximum atomic E-state index is 13.0. The molecule has 1 aromatic heterocycles. The number of carbonyl (C=O) groups excluding carboxylic acids is 1. The van der Waals surface area contributed by atoms with Gasteiger partial charge >= 0.3 is 12.3 Å². The number of aromatic amines is 1. The molecule has 27 heavy (non-hydrogen) atoms. The molecule has 3 rings (SSSR count). The first-order chi connectivity index (χ1) is 12.7. The van der Waals surface area contributed by atoms with Gasteiger partial charge < -0.3 is 14.2 Å². The summed E-state index contributed by atoms with van der Waals surface area (Å²) in [6, 6.07) is 4.35. The van der Waals surface area contributed by atoms with Crippen LogP contribution in [-0.4, -0.2) is 29.8 Å². The molecule has 1 amide bonds. The van der Waals surface area contributed by atoms with Crippen molar-refractivity contribution in [3.05, 3.63) is 57.1 Å². The van der Waals surface area contributed by atoms with E-state index in [-0.39, 0.29) is 11.5 Å². The number of carbonyl (C=O) groups is 1. The number of piperidine rings is 1. The van der Waals surface area contributed by atoms with E-state index in [0.29, 0.717) is 36.3 Å². The number of aryl methyl sites for hydroxylation is 1. The van der Waals surface area contributed by atoms with Gasteiger partial charge in [-0.3, -0.25) is 4.79 Å². The van der Waals surface area contributed by atoms with Crippen molar-refractivity contribution in [2.45, 2.75) is 37.9 Å². The van der Waals surface area contributed by atoms with Crippen LogP contribution in [-0.2, 0) is 10.9 Å². The first kappa shape index (κ1) is 19.1. The summed E-state index contributed by atoms with van der Waals surface area (Å²) in [5, 5.41) is 2.24. The van der Waals surface area contributed by atoms with Crippen LogP contribution in [0, 0.1) is 6.92 Å². The number of amides is 1. The Labute approximate surface area is 152 Å². The lowest BCUT2D eigenvalue weighted by Gasteiger charge is -2.38. The van der Waals surface area contributed by atoms with E-state index in [4.69, 9.17) is 9.26 Å². The molecule has 0 bridgehead atoms. The number of hydrogen-bond donors (Lipinski definition) is 1. The summed E-state index contributed by atoms with van der Waals surface area (Å²) >= 11 is 0. The molecule has 2 aromatic rings. The van der Waals surface area contributed by atoms with E-state index in [1.807, 2.05) is 0 Å². The average Bonchev–Trinajstić information content (AvgIpc) is 3.06. The molecule has 0 spiro atoms. The molecule has 146 valence electrons. The fourth-order valence-corrected chi connectivity index (χ4v) is 3.58. The normalized spacial score (nSPS) is 20.6. The second-order valence-electron chi connectivity index (χ2n) is 6.58. The van der Waals surface area contributed by atoms with E-state index < -0.39 is 23.9 Å². The van der Waals surface area contributed by atoms with Crippen molar-refractivity contribution in [2.24, 2.45) is 0 Å². The quantitative estimate of drug-likeness (QED) is 0.850. The van der Waals surface area contributed by atoms with Crippen molar-refractivity contribution in [2.75, 3.05) is 13.7 Å². The highest BCUT2D eigenvalue weighted by molar-refractivity contribution is 5.68. The van der Waals surface area contributed by atoms with Crippen LogP contribution in [0.15, 0.2) is 33.6 Å². The van der Waals surface area contributed by atoms with Crippen molar-refractivity contribution in [3.63, 3.8) is 0 Å². The highest BCUT2D eigenvalue weighted by Gasteiger charge is 2.37. The largest absolute Gasteiger partial charge is 0.453 e. The number of ether oxygens (including phenoxy) is 1. The van der Waals surface area contributed by atoms with E-state index in [1.54, 1.807) is 6.92 Å². The predicted molar refractivity (Wildman–Crippen MR) is 89.3 cm³/mol. The Kier molecular flexibility index (Phi) is 5.03. The summed E-state index contributed by atoms with van der Waals surface area (Å²) in [6.07, 6.45) is -4.03. The molecule has 2 heterocycles. The lowest BCUT2D eigenvalue weighted by Crippen LogP contribution is -2.40. The highest BCUT2D eigenvalue weighted by Crippen LogP contribution is 2.41. The molecule has 9 heteroatoms. The van der Waals surface area contributed by atoms with Gasteiger partial charge in [0, 0.05) is 18.5 Å². The Balaban J connectivity index is 1.96. The molecule has 1 fully saturated rings. The molecule has 1 aromatic carbocycles. The standard InChI is InChI=1S/C18H19F3N2O4/c1-10-7-12(18(19,20)21)3-4-13(10)14-8-11(15-9-16(24)22-27-15)5-6-23(14)17(25)26-2/h3-4,7,9,11,14H,5-6,8H2,1-2H3,(H,22,24)/t11-,14+/m0/s1. The van der Waals surface area contributed by atoms with Gasteiger partial charge in [-0.05, 0) is 43.0 Å². The van der Waals surface area contributed by atoms with Gasteiger partial charge in [-0.15, -0.1) is 0 Å². The van der Waals surface area contributed by atoms with Crippen molar-refractivity contribution in [1.82, 2.24) is 10.1 Å². The molecule has 1 aliphatic heterocycles. The van der Waals surface area contributed by atoms with Gasteiger partial charge in [-0.2, -0.15) is 18.3 Å². The smallest absolute Gasteiger partial charge is 0.416 e. The number of rotatable bonds is 2. The maximum absolute atomic E-state index is 13.0. The van der Waals surface area contributed by atoms with Gasteiger partial charge in [0.15, 0.2) is 0 Å². The van der Waals surface area contributed by atoms with E-state index >= 15 is 0 Å². The number of alkyl halides is 3. The lowest BCUT2D eigenvalue weighted by atomic mass is 9.84. The third kappa shape index (κ3) is 3.86. The molecular formula is C18H19F3N2O4. The zero-order chi connectivity index (χ0) is 19.8. The third-order valence-corrected chi connectivity index (χ3v) is 4.91. The van der Waals surface area contributed by atoms with Gasteiger partial charge in [0.25, 0.3) is 5.56 Å². The van der Waals surface area contributed by atoms with Crippen LogP contribution in [0.3, 0.4) is 0 Å². The van der Waals surface area contributed by atoms with Crippen LogP contribution in [0.4, 0.5) is 18.0 Å². The van der Waals surface area contributed by atoms with Crippen molar-refractivity contribution < 1.29 is 27.2 Å². The molecule has 0 saturated carbocycles. The number of likely N-dealkylation sites (tertiary alicyclic amines) is 1. The molecule has 0 unspecified atom stereocenters. The summed E-state index contributed by atoms with van der Waals surface area (Å²) < 4.78 is 48.9. The molecular weight excluding hydrogens is 365 g/mol. The lowest BCUT2D eigenvalue weighted by molar-refractivity contribution is -0.137. The topological polar surface area (TPSA) is 75.5 Å². The van der Waals surface area contributed by atoms with Crippen molar-refractivity contribution >= 4 is 6.09 Å². The van der Waals surface area contributed by atoms with E-state index in [9.17, 15) is 22.8 Å². The fourth-order valence-electron chi connectivity index (χ4n) is 3.58. The second-order valence-corrected chi connectivity index (χ2v) is 6.58. The van der Waals surface area contributed by atoms with Crippen LogP contribution in [0.2, 0.25) is 0 Å². The van der Waals surface area contributed by atoms with E-state index in [2.05, 4.69) is 5.16 Å². The fraction of sp³-hybridized carbons (Fsp3) is 0.444. The van der Waals surface area contributed by atoms with Crippen molar-refractivity contribution in [1.29, 1.82) is 0 Å². The highest BCUT2D eigenvalue weighted by atomic mass is 19.4. The number of nitrogens with one attached hydrogen (secondary N) is 1. The van der Waals surface area contributed by atoms with Crippen LogP contribution in [0.5, 0.6) is 0 Å².